The summed E-state index contributed by atoms with van der Waals surface area (Å²) < 4.78 is 1.78. The quantitative estimate of drug-likeness (QED) is 0.663. The van der Waals surface area contributed by atoms with E-state index >= 15 is 0 Å². The van der Waals surface area contributed by atoms with Gasteiger partial charge >= 0.3 is 0 Å². The first kappa shape index (κ1) is 19.6. The SMILES string of the molecule is O=C(Nc1ccccc1)C1CCN(C(=O)/C=C/c2cnn(-c3ccccc3)c2)CC1. The number of anilines is 1. The van der Waals surface area contributed by atoms with Crippen LogP contribution in [0.15, 0.2) is 79.1 Å². The highest BCUT2D eigenvalue weighted by Gasteiger charge is 2.26. The van der Waals surface area contributed by atoms with E-state index in [1.807, 2.05) is 66.9 Å². The fourth-order valence-electron chi connectivity index (χ4n) is 3.55. The molecule has 1 fully saturated rings. The molecule has 3 aromatic rings. The first-order valence-corrected chi connectivity index (χ1v) is 10.1. The van der Waals surface area contributed by atoms with Crippen molar-refractivity contribution in [2.75, 3.05) is 18.4 Å². The molecule has 6 heteroatoms. The van der Waals surface area contributed by atoms with Crippen molar-refractivity contribution in [3.63, 3.8) is 0 Å². The summed E-state index contributed by atoms with van der Waals surface area (Å²) in [5, 5.41) is 7.29. The maximum Gasteiger partial charge on any atom is 0.246 e. The number of hydrogen-bond acceptors (Lipinski definition) is 3. The summed E-state index contributed by atoms with van der Waals surface area (Å²) in [7, 11) is 0. The van der Waals surface area contributed by atoms with Crippen LogP contribution in [0.2, 0.25) is 0 Å². The Kier molecular flexibility index (Phi) is 6.03. The molecule has 30 heavy (non-hydrogen) atoms. The van der Waals surface area contributed by atoms with Crippen molar-refractivity contribution >= 4 is 23.6 Å². The summed E-state index contributed by atoms with van der Waals surface area (Å²) in [5.74, 6) is -0.0797. The molecular formula is C24H24N4O2. The Morgan fingerprint density at radius 3 is 2.33 bits per heavy atom. The third-order valence-corrected chi connectivity index (χ3v) is 5.26. The lowest BCUT2D eigenvalue weighted by molar-refractivity contribution is -0.130. The van der Waals surface area contributed by atoms with E-state index in [0.717, 1.165) is 16.9 Å². The molecule has 0 unspecified atom stereocenters. The number of para-hydroxylation sites is 2. The Bertz CT molecular complexity index is 1020. The van der Waals surface area contributed by atoms with Gasteiger partial charge < -0.3 is 10.2 Å². The van der Waals surface area contributed by atoms with E-state index < -0.39 is 0 Å². The summed E-state index contributed by atoms with van der Waals surface area (Å²) in [6.07, 6.45) is 8.32. The smallest absolute Gasteiger partial charge is 0.246 e. The van der Waals surface area contributed by atoms with Gasteiger partial charge in [-0.05, 0) is 43.2 Å². The van der Waals surface area contributed by atoms with E-state index in [1.165, 1.54) is 0 Å². The zero-order valence-electron chi connectivity index (χ0n) is 16.6. The Hall–Kier alpha value is -3.67. The van der Waals surface area contributed by atoms with Crippen LogP contribution in [-0.2, 0) is 9.59 Å². The molecule has 2 aromatic carbocycles. The maximum atomic E-state index is 12.5. The Balaban J connectivity index is 1.28. The van der Waals surface area contributed by atoms with Gasteiger partial charge in [-0.1, -0.05) is 36.4 Å². The number of aromatic nitrogens is 2. The monoisotopic (exact) mass is 400 g/mol. The van der Waals surface area contributed by atoms with E-state index in [-0.39, 0.29) is 17.7 Å². The Morgan fingerprint density at radius 2 is 1.63 bits per heavy atom. The van der Waals surface area contributed by atoms with Gasteiger partial charge in [0.05, 0.1) is 11.9 Å². The number of piperidine rings is 1. The van der Waals surface area contributed by atoms with Crippen molar-refractivity contribution in [3.05, 3.63) is 84.7 Å². The van der Waals surface area contributed by atoms with Gasteiger partial charge in [0, 0.05) is 42.5 Å². The number of rotatable bonds is 5. The lowest BCUT2D eigenvalue weighted by Gasteiger charge is -2.30. The normalized spacial score (nSPS) is 14.7. The lowest BCUT2D eigenvalue weighted by atomic mass is 9.95. The van der Waals surface area contributed by atoms with Crippen molar-refractivity contribution < 1.29 is 9.59 Å². The van der Waals surface area contributed by atoms with Gasteiger partial charge in [0.2, 0.25) is 11.8 Å². The highest BCUT2D eigenvalue weighted by molar-refractivity contribution is 5.94. The number of nitrogens with one attached hydrogen (secondary N) is 1. The van der Waals surface area contributed by atoms with Crippen LogP contribution in [-0.4, -0.2) is 39.6 Å². The van der Waals surface area contributed by atoms with Gasteiger partial charge in [-0.3, -0.25) is 9.59 Å². The zero-order chi connectivity index (χ0) is 20.8. The molecule has 1 N–H and O–H groups in total. The summed E-state index contributed by atoms with van der Waals surface area (Å²) in [4.78, 5) is 26.8. The fraction of sp³-hybridized carbons (Fsp3) is 0.208. The number of carbonyl (C=O) groups excluding carboxylic acids is 2. The Labute approximate surface area is 175 Å². The molecule has 1 saturated heterocycles. The molecule has 6 nitrogen and oxygen atoms in total. The van der Waals surface area contributed by atoms with E-state index in [1.54, 1.807) is 27.9 Å². The lowest BCUT2D eigenvalue weighted by Crippen LogP contribution is -2.40. The van der Waals surface area contributed by atoms with Crippen molar-refractivity contribution in [2.24, 2.45) is 5.92 Å². The second kappa shape index (κ2) is 9.22. The van der Waals surface area contributed by atoms with Crippen LogP contribution >= 0.6 is 0 Å². The number of amides is 2. The van der Waals surface area contributed by atoms with Crippen LogP contribution in [0.4, 0.5) is 5.69 Å². The largest absolute Gasteiger partial charge is 0.339 e. The number of benzene rings is 2. The minimum Gasteiger partial charge on any atom is -0.339 e. The van der Waals surface area contributed by atoms with Crippen LogP contribution in [0.5, 0.6) is 0 Å². The molecule has 0 bridgehead atoms. The summed E-state index contributed by atoms with van der Waals surface area (Å²) in [5.41, 5.74) is 2.64. The molecular weight excluding hydrogens is 376 g/mol. The van der Waals surface area contributed by atoms with Crippen LogP contribution < -0.4 is 5.32 Å². The molecule has 1 aliphatic heterocycles. The molecule has 0 saturated carbocycles. The maximum absolute atomic E-state index is 12.5. The van der Waals surface area contributed by atoms with E-state index in [0.29, 0.717) is 25.9 Å². The van der Waals surface area contributed by atoms with Crippen LogP contribution in [0.3, 0.4) is 0 Å². The zero-order valence-corrected chi connectivity index (χ0v) is 16.6. The molecule has 0 spiro atoms. The topological polar surface area (TPSA) is 67.2 Å². The third-order valence-electron chi connectivity index (χ3n) is 5.26. The van der Waals surface area contributed by atoms with Crippen molar-refractivity contribution in [3.8, 4) is 5.69 Å². The van der Waals surface area contributed by atoms with Gasteiger partial charge in [0.1, 0.15) is 0 Å². The predicted octanol–water partition coefficient (Wildman–Crippen LogP) is 3.76. The first-order chi connectivity index (χ1) is 14.7. The van der Waals surface area contributed by atoms with Gasteiger partial charge in [-0.25, -0.2) is 4.68 Å². The second-order valence-electron chi connectivity index (χ2n) is 7.34. The molecule has 4 rings (SSSR count). The highest BCUT2D eigenvalue weighted by Crippen LogP contribution is 2.20. The van der Waals surface area contributed by atoms with E-state index in [4.69, 9.17) is 0 Å². The second-order valence-corrected chi connectivity index (χ2v) is 7.34. The molecule has 2 heterocycles. The molecule has 0 radical (unpaired) electrons. The highest BCUT2D eigenvalue weighted by atomic mass is 16.2. The third kappa shape index (κ3) is 4.84. The molecule has 152 valence electrons. The molecule has 1 aromatic heterocycles. The van der Waals surface area contributed by atoms with Crippen LogP contribution in [0.1, 0.15) is 18.4 Å². The minimum atomic E-state index is -0.0673. The van der Waals surface area contributed by atoms with E-state index in [2.05, 4.69) is 10.4 Å². The van der Waals surface area contributed by atoms with Gasteiger partial charge in [0.25, 0.3) is 0 Å². The minimum absolute atomic E-state index is 0.0252. The van der Waals surface area contributed by atoms with Crippen LogP contribution in [0.25, 0.3) is 11.8 Å². The van der Waals surface area contributed by atoms with Crippen LogP contribution in [0, 0.1) is 5.92 Å². The molecule has 0 aliphatic carbocycles. The number of hydrogen-bond donors (Lipinski definition) is 1. The fourth-order valence-corrected chi connectivity index (χ4v) is 3.55. The van der Waals surface area contributed by atoms with E-state index in [9.17, 15) is 9.59 Å². The summed E-state index contributed by atoms with van der Waals surface area (Å²) >= 11 is 0. The van der Waals surface area contributed by atoms with Gasteiger partial charge in [-0.15, -0.1) is 0 Å². The van der Waals surface area contributed by atoms with Crippen molar-refractivity contribution in [1.29, 1.82) is 0 Å². The van der Waals surface area contributed by atoms with Gasteiger partial charge in [0.15, 0.2) is 0 Å². The van der Waals surface area contributed by atoms with Gasteiger partial charge in [-0.2, -0.15) is 5.10 Å². The first-order valence-electron chi connectivity index (χ1n) is 10.1. The number of likely N-dealkylation sites (tertiary alicyclic amines) is 1. The summed E-state index contributed by atoms with van der Waals surface area (Å²) in [6.45, 7) is 1.17. The number of carbonyl (C=O) groups is 2. The molecule has 2 amide bonds. The Morgan fingerprint density at radius 1 is 0.967 bits per heavy atom. The molecule has 1 aliphatic rings. The summed E-state index contributed by atoms with van der Waals surface area (Å²) in [6, 6.07) is 19.3. The average molecular weight is 400 g/mol. The van der Waals surface area contributed by atoms with Crippen molar-refractivity contribution in [1.82, 2.24) is 14.7 Å². The predicted molar refractivity (Wildman–Crippen MR) is 117 cm³/mol. The van der Waals surface area contributed by atoms with Crippen molar-refractivity contribution in [2.45, 2.75) is 12.8 Å². The average Bonchev–Trinajstić information content (AvgIpc) is 3.28. The standard InChI is InChI=1S/C24H24N4O2/c29-23(12-11-19-17-25-28(18-19)22-9-5-2-6-10-22)27-15-13-20(14-16-27)24(30)26-21-7-3-1-4-8-21/h1-12,17-18,20H,13-16H2,(H,26,30)/b12-11+. The number of nitrogens with zero attached hydrogens (tertiary/aromatic N) is 3. The molecule has 0 atom stereocenters.